The molecule has 2 aromatic carbocycles. The van der Waals surface area contributed by atoms with Gasteiger partial charge in [0.05, 0.1) is 6.04 Å². The van der Waals surface area contributed by atoms with Crippen LogP contribution in [0.3, 0.4) is 0 Å². The Morgan fingerprint density at radius 3 is 2.67 bits per heavy atom. The first-order valence-corrected chi connectivity index (χ1v) is 10.4. The van der Waals surface area contributed by atoms with Gasteiger partial charge in [0.25, 0.3) is 5.91 Å². The van der Waals surface area contributed by atoms with Crippen molar-refractivity contribution in [3.63, 3.8) is 0 Å². The third kappa shape index (κ3) is 4.39. The van der Waals surface area contributed by atoms with E-state index < -0.39 is 0 Å². The minimum absolute atomic E-state index is 0.00287. The quantitative estimate of drug-likeness (QED) is 0.589. The first kappa shape index (κ1) is 20.2. The molecule has 4 rings (SSSR count). The Kier molecular flexibility index (Phi) is 6.14. The van der Waals surface area contributed by atoms with Crippen LogP contribution in [0.25, 0.3) is 10.9 Å². The second-order valence-electron chi connectivity index (χ2n) is 7.88. The predicted octanol–water partition coefficient (Wildman–Crippen LogP) is 2.74. The van der Waals surface area contributed by atoms with Crippen LogP contribution in [0, 0.1) is 5.92 Å². The Bertz CT molecular complexity index is 1010. The maximum absolute atomic E-state index is 12.9. The van der Waals surface area contributed by atoms with Crippen molar-refractivity contribution in [2.24, 2.45) is 5.92 Å². The molecule has 1 aliphatic heterocycles. The average molecular weight is 405 g/mol. The van der Waals surface area contributed by atoms with E-state index in [1.165, 1.54) is 0 Å². The van der Waals surface area contributed by atoms with E-state index in [1.807, 2.05) is 47.5 Å². The molecule has 2 amide bonds. The summed E-state index contributed by atoms with van der Waals surface area (Å²) in [7, 11) is 0. The number of carbonyl (C=O) groups excluding carboxylic acids is 2. The van der Waals surface area contributed by atoms with Crippen LogP contribution >= 0.6 is 0 Å². The van der Waals surface area contributed by atoms with Gasteiger partial charge in [0.1, 0.15) is 0 Å². The zero-order valence-corrected chi connectivity index (χ0v) is 16.9. The number of aromatic amines is 1. The van der Waals surface area contributed by atoms with Gasteiger partial charge in [-0.1, -0.05) is 36.4 Å². The fourth-order valence-electron chi connectivity index (χ4n) is 4.19. The summed E-state index contributed by atoms with van der Waals surface area (Å²) in [5.74, 6) is -0.141. The molecule has 2 atom stereocenters. The van der Waals surface area contributed by atoms with Crippen LogP contribution in [0.2, 0.25) is 0 Å². The van der Waals surface area contributed by atoms with Gasteiger partial charge in [-0.05, 0) is 36.6 Å². The molecule has 1 saturated heterocycles. The molecule has 3 N–H and O–H groups in total. The fraction of sp³-hybridized carbons (Fsp3) is 0.333. The second-order valence-corrected chi connectivity index (χ2v) is 7.88. The van der Waals surface area contributed by atoms with Crippen molar-refractivity contribution in [1.29, 1.82) is 0 Å². The number of fused-ring (bicyclic) bond motifs is 1. The minimum atomic E-state index is -0.256. The van der Waals surface area contributed by atoms with E-state index in [9.17, 15) is 14.7 Å². The summed E-state index contributed by atoms with van der Waals surface area (Å²) >= 11 is 0. The number of aryl methyl sites for hydroxylation is 1. The Hall–Kier alpha value is -3.12. The number of para-hydroxylation sites is 1. The summed E-state index contributed by atoms with van der Waals surface area (Å²) in [6, 6.07) is 16.8. The number of piperidine rings is 1. The zero-order valence-electron chi connectivity index (χ0n) is 16.9. The SMILES string of the molecule is O=C(N[C@@H]1CN(C(=O)CCc2c[nH]c3ccccc23)CC[C@@H]1CO)c1ccccc1. The van der Waals surface area contributed by atoms with Gasteiger partial charge in [-0.15, -0.1) is 0 Å². The van der Waals surface area contributed by atoms with Crippen LogP contribution in [0.4, 0.5) is 0 Å². The molecule has 2 heterocycles. The van der Waals surface area contributed by atoms with E-state index in [-0.39, 0.29) is 30.4 Å². The number of hydrogen-bond acceptors (Lipinski definition) is 3. The summed E-state index contributed by atoms with van der Waals surface area (Å²) in [4.78, 5) is 30.5. The highest BCUT2D eigenvalue weighted by molar-refractivity contribution is 5.94. The molecule has 3 aromatic rings. The zero-order chi connectivity index (χ0) is 20.9. The van der Waals surface area contributed by atoms with Gasteiger partial charge in [-0.25, -0.2) is 0 Å². The van der Waals surface area contributed by atoms with Gasteiger partial charge >= 0.3 is 0 Å². The van der Waals surface area contributed by atoms with Gasteiger partial charge in [0.15, 0.2) is 0 Å². The van der Waals surface area contributed by atoms with Crippen LogP contribution in [-0.4, -0.2) is 52.5 Å². The molecule has 0 bridgehead atoms. The molecule has 0 unspecified atom stereocenters. The third-order valence-electron chi connectivity index (χ3n) is 5.98. The highest BCUT2D eigenvalue weighted by Crippen LogP contribution is 2.22. The molecule has 156 valence electrons. The van der Waals surface area contributed by atoms with Crippen molar-refractivity contribution in [2.75, 3.05) is 19.7 Å². The summed E-state index contributed by atoms with van der Waals surface area (Å²) < 4.78 is 0. The van der Waals surface area contributed by atoms with E-state index >= 15 is 0 Å². The van der Waals surface area contributed by atoms with Crippen LogP contribution in [0.1, 0.15) is 28.8 Å². The van der Waals surface area contributed by atoms with Crippen molar-refractivity contribution >= 4 is 22.7 Å². The molecule has 6 nitrogen and oxygen atoms in total. The first-order chi connectivity index (χ1) is 14.7. The van der Waals surface area contributed by atoms with E-state index in [1.54, 1.807) is 12.1 Å². The maximum Gasteiger partial charge on any atom is 0.251 e. The van der Waals surface area contributed by atoms with Crippen LogP contribution < -0.4 is 5.32 Å². The number of aliphatic hydroxyl groups excluding tert-OH is 1. The van der Waals surface area contributed by atoms with Crippen LogP contribution in [0.15, 0.2) is 60.8 Å². The molecule has 6 heteroatoms. The normalized spacial score (nSPS) is 19.0. The number of nitrogens with zero attached hydrogens (tertiary/aromatic N) is 1. The largest absolute Gasteiger partial charge is 0.396 e. The lowest BCUT2D eigenvalue weighted by atomic mass is 9.91. The van der Waals surface area contributed by atoms with Crippen molar-refractivity contribution < 1.29 is 14.7 Å². The number of carbonyl (C=O) groups is 2. The van der Waals surface area contributed by atoms with Gasteiger partial charge in [0.2, 0.25) is 5.91 Å². The lowest BCUT2D eigenvalue weighted by molar-refractivity contribution is -0.133. The molecule has 1 fully saturated rings. The summed E-state index contributed by atoms with van der Waals surface area (Å²) in [6.07, 6.45) is 3.74. The fourth-order valence-corrected chi connectivity index (χ4v) is 4.19. The Labute approximate surface area is 175 Å². The number of hydrogen-bond donors (Lipinski definition) is 3. The van der Waals surface area contributed by atoms with Gasteiger partial charge < -0.3 is 20.3 Å². The van der Waals surface area contributed by atoms with E-state index in [2.05, 4.69) is 16.4 Å². The highest BCUT2D eigenvalue weighted by Gasteiger charge is 2.32. The van der Waals surface area contributed by atoms with E-state index in [4.69, 9.17) is 0 Å². The van der Waals surface area contributed by atoms with Gasteiger partial charge in [-0.3, -0.25) is 9.59 Å². The standard InChI is InChI=1S/C24H27N3O3/c28-16-19-12-13-27(15-22(19)26-24(30)17-6-2-1-3-7-17)23(29)11-10-18-14-25-21-9-5-4-8-20(18)21/h1-9,14,19,22,25,28H,10-13,15-16H2,(H,26,30)/t19-,22-/m1/s1. The third-order valence-corrected chi connectivity index (χ3v) is 5.98. The number of amides is 2. The monoisotopic (exact) mass is 405 g/mol. The van der Waals surface area contributed by atoms with Crippen molar-refractivity contribution in [2.45, 2.75) is 25.3 Å². The lowest BCUT2D eigenvalue weighted by Gasteiger charge is -2.38. The molecule has 0 spiro atoms. The molecule has 0 saturated carbocycles. The molecule has 30 heavy (non-hydrogen) atoms. The number of aromatic nitrogens is 1. The lowest BCUT2D eigenvalue weighted by Crippen LogP contribution is -2.55. The number of nitrogens with one attached hydrogen (secondary N) is 2. The van der Waals surface area contributed by atoms with Crippen LogP contribution in [-0.2, 0) is 11.2 Å². The molecule has 1 aliphatic rings. The Morgan fingerprint density at radius 2 is 1.87 bits per heavy atom. The highest BCUT2D eigenvalue weighted by atomic mass is 16.3. The number of H-pyrrole nitrogens is 1. The number of likely N-dealkylation sites (tertiary alicyclic amines) is 1. The molecular weight excluding hydrogens is 378 g/mol. The van der Waals surface area contributed by atoms with Crippen LogP contribution in [0.5, 0.6) is 0 Å². The van der Waals surface area contributed by atoms with Crippen molar-refractivity contribution in [3.05, 3.63) is 71.9 Å². The van der Waals surface area contributed by atoms with Gasteiger partial charge in [0, 0.05) is 54.7 Å². The number of benzene rings is 2. The first-order valence-electron chi connectivity index (χ1n) is 10.4. The van der Waals surface area contributed by atoms with E-state index in [0.717, 1.165) is 16.5 Å². The molecule has 1 aromatic heterocycles. The number of rotatable bonds is 6. The average Bonchev–Trinajstić information content (AvgIpc) is 3.21. The maximum atomic E-state index is 12.9. The predicted molar refractivity (Wildman–Crippen MR) is 116 cm³/mol. The minimum Gasteiger partial charge on any atom is -0.396 e. The second kappa shape index (κ2) is 9.13. The van der Waals surface area contributed by atoms with E-state index in [0.29, 0.717) is 37.9 Å². The van der Waals surface area contributed by atoms with Gasteiger partial charge in [-0.2, -0.15) is 0 Å². The molecular formula is C24H27N3O3. The Balaban J connectivity index is 1.38. The Morgan fingerprint density at radius 1 is 1.10 bits per heavy atom. The summed E-state index contributed by atoms with van der Waals surface area (Å²) in [5.41, 5.74) is 2.79. The van der Waals surface area contributed by atoms with Crippen molar-refractivity contribution in [3.8, 4) is 0 Å². The number of aliphatic hydroxyl groups is 1. The molecule has 0 aliphatic carbocycles. The summed E-state index contributed by atoms with van der Waals surface area (Å²) in [5, 5.41) is 13.9. The van der Waals surface area contributed by atoms with Crippen molar-refractivity contribution in [1.82, 2.24) is 15.2 Å². The molecule has 0 radical (unpaired) electrons. The smallest absolute Gasteiger partial charge is 0.251 e. The summed E-state index contributed by atoms with van der Waals surface area (Å²) in [6.45, 7) is 1.03. The topological polar surface area (TPSA) is 85.4 Å².